The zero-order valence-corrected chi connectivity index (χ0v) is 27.4. The Hall–Kier alpha value is -3.37. The van der Waals surface area contributed by atoms with Gasteiger partial charge in [-0.05, 0) is 103 Å². The summed E-state index contributed by atoms with van der Waals surface area (Å²) in [5.74, 6) is -1.42. The molecule has 0 heterocycles. The lowest BCUT2D eigenvalue weighted by Gasteiger charge is -2.25. The lowest BCUT2D eigenvalue weighted by atomic mass is 9.82. The van der Waals surface area contributed by atoms with Crippen LogP contribution in [0, 0.1) is 23.7 Å². The third-order valence-corrected chi connectivity index (χ3v) is 8.48. The molecule has 11 nitrogen and oxygen atoms in total. The van der Waals surface area contributed by atoms with Crippen LogP contribution in [0.4, 0.5) is 4.79 Å². The Balaban J connectivity index is 1.34. The lowest BCUT2D eigenvalue weighted by Crippen LogP contribution is -2.28. The molecule has 0 N–H and O–H groups in total. The van der Waals surface area contributed by atoms with Gasteiger partial charge in [-0.3, -0.25) is 19.2 Å². The monoisotopic (exact) mass is 650 g/mol. The van der Waals surface area contributed by atoms with Crippen LogP contribution in [0.15, 0.2) is 25.3 Å². The van der Waals surface area contributed by atoms with Gasteiger partial charge in [0.15, 0.2) is 0 Å². The molecule has 0 radical (unpaired) electrons. The zero-order valence-electron chi connectivity index (χ0n) is 27.4. The lowest BCUT2D eigenvalue weighted by molar-refractivity contribution is -0.154. The summed E-state index contributed by atoms with van der Waals surface area (Å²) < 4.78 is 31.2. The smallest absolute Gasteiger partial charge is 0.465 e. The topological polar surface area (TPSA) is 141 Å². The fourth-order valence-electron chi connectivity index (χ4n) is 5.70. The van der Waals surface area contributed by atoms with Crippen LogP contribution in [0.2, 0.25) is 0 Å². The predicted molar refractivity (Wildman–Crippen MR) is 169 cm³/mol. The second-order valence-corrected chi connectivity index (χ2v) is 12.0. The number of carbonyl (C=O) groups excluding carboxylic acids is 5. The van der Waals surface area contributed by atoms with Crippen LogP contribution in [0.5, 0.6) is 0 Å². The summed E-state index contributed by atoms with van der Waals surface area (Å²) in [6.07, 6.45) is 13.8. The van der Waals surface area contributed by atoms with Gasteiger partial charge >= 0.3 is 30.0 Å². The summed E-state index contributed by atoms with van der Waals surface area (Å²) >= 11 is 0. The first-order valence-corrected chi connectivity index (χ1v) is 17.0. The molecule has 46 heavy (non-hydrogen) atoms. The van der Waals surface area contributed by atoms with Gasteiger partial charge in [0.25, 0.3) is 0 Å². The van der Waals surface area contributed by atoms with Crippen molar-refractivity contribution in [1.29, 1.82) is 0 Å². The number of ether oxygens (including phenoxy) is 6. The molecule has 2 aliphatic rings. The number of esters is 4. The van der Waals surface area contributed by atoms with Crippen LogP contribution >= 0.6 is 0 Å². The van der Waals surface area contributed by atoms with E-state index in [1.54, 1.807) is 12.2 Å². The maximum absolute atomic E-state index is 12.3. The molecule has 2 fully saturated rings. The second-order valence-electron chi connectivity index (χ2n) is 12.0. The van der Waals surface area contributed by atoms with E-state index in [4.69, 9.17) is 28.4 Å². The molecule has 2 aliphatic carbocycles. The minimum absolute atomic E-state index is 0.148. The van der Waals surface area contributed by atoms with E-state index >= 15 is 0 Å². The van der Waals surface area contributed by atoms with Gasteiger partial charge in [0.05, 0.1) is 50.1 Å². The van der Waals surface area contributed by atoms with E-state index in [-0.39, 0.29) is 74.0 Å². The molecule has 0 aromatic rings. The highest BCUT2D eigenvalue weighted by atomic mass is 16.7. The Bertz CT molecular complexity index is 872. The normalized spacial score (nSPS) is 20.9. The first-order chi connectivity index (χ1) is 22.3. The van der Waals surface area contributed by atoms with Gasteiger partial charge in [0, 0.05) is 0 Å². The molecule has 0 atom stereocenters. The van der Waals surface area contributed by atoms with Gasteiger partial charge in [-0.2, -0.15) is 0 Å². The van der Waals surface area contributed by atoms with E-state index in [1.165, 1.54) is 0 Å². The largest absolute Gasteiger partial charge is 0.508 e. The Kier molecular flexibility index (Phi) is 20.2. The third kappa shape index (κ3) is 16.3. The van der Waals surface area contributed by atoms with Gasteiger partial charge in [0.2, 0.25) is 0 Å². The molecule has 0 aromatic heterocycles. The van der Waals surface area contributed by atoms with E-state index in [0.29, 0.717) is 77.4 Å². The Morgan fingerprint density at radius 2 is 0.674 bits per heavy atom. The van der Waals surface area contributed by atoms with Crippen molar-refractivity contribution in [2.24, 2.45) is 23.7 Å². The Morgan fingerprint density at radius 1 is 0.413 bits per heavy atom. The zero-order chi connectivity index (χ0) is 33.4. The van der Waals surface area contributed by atoms with Crippen molar-refractivity contribution in [2.75, 3.05) is 39.6 Å². The van der Waals surface area contributed by atoms with Crippen molar-refractivity contribution in [1.82, 2.24) is 0 Å². The van der Waals surface area contributed by atoms with E-state index < -0.39 is 6.16 Å². The SMILES string of the molecule is C=CCOC(=O)C1CCC(C(=O)OCCCCCCOC(=O)OCCCCCCOC(=O)C2CCC(C(=O)OCC=C)CC2)CC1. The number of hydrogen-bond donors (Lipinski definition) is 0. The average Bonchev–Trinajstić information content (AvgIpc) is 3.08. The fourth-order valence-corrected chi connectivity index (χ4v) is 5.70. The Morgan fingerprint density at radius 3 is 0.957 bits per heavy atom. The highest BCUT2D eigenvalue weighted by Gasteiger charge is 2.32. The quantitative estimate of drug-likeness (QED) is 0.0555. The van der Waals surface area contributed by atoms with Crippen LogP contribution in [-0.2, 0) is 47.6 Å². The van der Waals surface area contributed by atoms with Crippen molar-refractivity contribution >= 4 is 30.0 Å². The van der Waals surface area contributed by atoms with Crippen molar-refractivity contribution < 1.29 is 52.4 Å². The number of unbranched alkanes of at least 4 members (excludes halogenated alkanes) is 6. The van der Waals surface area contributed by atoms with Crippen molar-refractivity contribution in [3.8, 4) is 0 Å². The van der Waals surface area contributed by atoms with Crippen molar-refractivity contribution in [3.05, 3.63) is 25.3 Å². The second kappa shape index (κ2) is 23.9. The molecule has 0 saturated heterocycles. The molecule has 0 aliphatic heterocycles. The standard InChI is InChI=1S/C35H54O11/c1-3-21-41-31(36)27-13-17-29(18-14-27)33(38)43-23-9-5-7-11-25-45-35(40)46-26-12-8-6-10-24-44-34(39)30-19-15-28(16-20-30)32(37)42-22-4-2/h3-4,27-30H,1-2,5-26H2. The minimum atomic E-state index is -0.671. The van der Waals surface area contributed by atoms with Crippen molar-refractivity contribution in [3.63, 3.8) is 0 Å². The first-order valence-electron chi connectivity index (χ1n) is 17.0. The molecule has 2 rings (SSSR count). The van der Waals surface area contributed by atoms with Crippen LogP contribution in [-0.4, -0.2) is 69.7 Å². The number of hydrogen-bond acceptors (Lipinski definition) is 11. The molecule has 0 amide bonds. The highest BCUT2D eigenvalue weighted by molar-refractivity contribution is 5.76. The average molecular weight is 651 g/mol. The van der Waals surface area contributed by atoms with Gasteiger partial charge in [-0.15, -0.1) is 0 Å². The molecule has 0 unspecified atom stereocenters. The van der Waals surface area contributed by atoms with E-state index in [0.717, 1.165) is 38.5 Å². The molecular weight excluding hydrogens is 596 g/mol. The highest BCUT2D eigenvalue weighted by Crippen LogP contribution is 2.31. The van der Waals surface area contributed by atoms with Crippen LogP contribution in [0.3, 0.4) is 0 Å². The van der Waals surface area contributed by atoms with Crippen LogP contribution in [0.25, 0.3) is 0 Å². The number of rotatable bonds is 22. The molecular formula is C35H54O11. The van der Waals surface area contributed by atoms with Crippen LogP contribution in [0.1, 0.15) is 103 Å². The summed E-state index contributed by atoms with van der Waals surface area (Å²) in [7, 11) is 0. The third-order valence-electron chi connectivity index (χ3n) is 8.48. The molecule has 0 aromatic carbocycles. The summed E-state index contributed by atoms with van der Waals surface area (Å²) in [6, 6.07) is 0. The minimum Gasteiger partial charge on any atom is -0.465 e. The van der Waals surface area contributed by atoms with Gasteiger partial charge in [0.1, 0.15) is 13.2 Å². The summed E-state index contributed by atoms with van der Waals surface area (Å²) in [4.78, 5) is 60.2. The van der Waals surface area contributed by atoms with Gasteiger partial charge in [-0.1, -0.05) is 25.3 Å². The maximum Gasteiger partial charge on any atom is 0.508 e. The predicted octanol–water partition coefficient (Wildman–Crippen LogP) is 6.42. The van der Waals surface area contributed by atoms with E-state index in [1.807, 2.05) is 0 Å². The van der Waals surface area contributed by atoms with Crippen LogP contribution < -0.4 is 0 Å². The number of carbonyl (C=O) groups is 5. The molecule has 11 heteroatoms. The van der Waals surface area contributed by atoms with E-state index in [2.05, 4.69) is 13.2 Å². The summed E-state index contributed by atoms with van der Waals surface area (Å²) in [5, 5.41) is 0. The maximum atomic E-state index is 12.3. The fraction of sp³-hybridized carbons (Fsp3) is 0.743. The molecule has 2 saturated carbocycles. The van der Waals surface area contributed by atoms with Crippen molar-refractivity contribution in [2.45, 2.75) is 103 Å². The summed E-state index contributed by atoms with van der Waals surface area (Å²) in [6.45, 7) is 8.79. The van der Waals surface area contributed by atoms with E-state index in [9.17, 15) is 24.0 Å². The van der Waals surface area contributed by atoms with Gasteiger partial charge < -0.3 is 28.4 Å². The van der Waals surface area contributed by atoms with Gasteiger partial charge in [-0.25, -0.2) is 4.79 Å². The summed E-state index contributed by atoms with van der Waals surface area (Å²) in [5.41, 5.74) is 0. The molecule has 0 spiro atoms. The molecule has 0 bridgehead atoms. The first kappa shape index (κ1) is 38.8. The Labute approximate surface area is 273 Å². The molecule has 260 valence electrons.